The van der Waals surface area contributed by atoms with Crippen LogP contribution in [-0.4, -0.2) is 20.3 Å². The number of hydrogen-bond acceptors (Lipinski definition) is 2. The fourth-order valence-electron chi connectivity index (χ4n) is 1.28. The molecule has 0 aliphatic heterocycles. The largest absolute Gasteiger partial charge is 0.380 e. The van der Waals surface area contributed by atoms with Crippen molar-refractivity contribution in [2.45, 2.75) is 13.0 Å². The molecule has 1 atom stereocenters. The molecule has 0 aromatic heterocycles. The summed E-state index contributed by atoms with van der Waals surface area (Å²) in [5.41, 5.74) is 1.20. The van der Waals surface area contributed by atoms with Gasteiger partial charge in [0.25, 0.3) is 0 Å². The van der Waals surface area contributed by atoms with Crippen LogP contribution in [0, 0.1) is 0 Å². The lowest BCUT2D eigenvalue weighted by atomic mass is 10.1. The van der Waals surface area contributed by atoms with Gasteiger partial charge < -0.3 is 10.1 Å². The van der Waals surface area contributed by atoms with Crippen LogP contribution in [0.5, 0.6) is 0 Å². The van der Waals surface area contributed by atoms with Crippen LogP contribution in [0.4, 0.5) is 0 Å². The molecule has 1 aromatic rings. The quantitative estimate of drug-likeness (QED) is 0.812. The Bertz CT molecular complexity index is 260. The van der Waals surface area contributed by atoms with E-state index in [1.165, 1.54) is 5.56 Å². The number of likely N-dealkylation sites (N-methyl/N-ethyl adjacent to an activating group) is 1. The first kappa shape index (κ1) is 11.5. The van der Waals surface area contributed by atoms with E-state index in [-0.39, 0.29) is 6.04 Å². The van der Waals surface area contributed by atoms with Crippen LogP contribution in [0.1, 0.15) is 18.5 Å². The molecule has 3 heteroatoms. The molecule has 0 aliphatic carbocycles. The molecule has 2 nitrogen and oxygen atoms in total. The van der Waals surface area contributed by atoms with Crippen molar-refractivity contribution in [3.63, 3.8) is 0 Å². The van der Waals surface area contributed by atoms with Gasteiger partial charge in [-0.3, -0.25) is 0 Å². The molecule has 0 aliphatic rings. The lowest BCUT2D eigenvalue weighted by molar-refractivity contribution is 0.125. The van der Waals surface area contributed by atoms with E-state index in [1.54, 1.807) is 0 Å². The van der Waals surface area contributed by atoms with E-state index in [0.29, 0.717) is 6.61 Å². The SMILES string of the molecule is CCOCC(NC)c1ccc(Cl)cc1. The Morgan fingerprint density at radius 1 is 1.36 bits per heavy atom. The molecule has 0 heterocycles. The van der Waals surface area contributed by atoms with Gasteiger partial charge in [-0.15, -0.1) is 0 Å². The van der Waals surface area contributed by atoms with Gasteiger partial charge in [-0.25, -0.2) is 0 Å². The summed E-state index contributed by atoms with van der Waals surface area (Å²) in [5.74, 6) is 0. The number of hydrogen-bond donors (Lipinski definition) is 1. The molecule has 1 N–H and O–H groups in total. The monoisotopic (exact) mass is 213 g/mol. The summed E-state index contributed by atoms with van der Waals surface area (Å²) < 4.78 is 5.38. The van der Waals surface area contributed by atoms with Crippen LogP contribution in [0.2, 0.25) is 5.02 Å². The van der Waals surface area contributed by atoms with Gasteiger partial charge in [0, 0.05) is 11.6 Å². The summed E-state index contributed by atoms with van der Waals surface area (Å²) in [7, 11) is 1.93. The molecule has 1 aromatic carbocycles. The topological polar surface area (TPSA) is 21.3 Å². The van der Waals surface area contributed by atoms with Crippen LogP contribution in [0.15, 0.2) is 24.3 Å². The minimum atomic E-state index is 0.243. The Hall–Kier alpha value is -0.570. The second-order valence-electron chi connectivity index (χ2n) is 3.05. The summed E-state index contributed by atoms with van der Waals surface area (Å²) in [5, 5.41) is 3.97. The third-order valence-electron chi connectivity index (χ3n) is 2.11. The van der Waals surface area contributed by atoms with E-state index in [2.05, 4.69) is 5.32 Å². The van der Waals surface area contributed by atoms with Crippen molar-refractivity contribution in [2.24, 2.45) is 0 Å². The molecule has 0 saturated heterocycles. The van der Waals surface area contributed by atoms with Gasteiger partial charge in [0.15, 0.2) is 0 Å². The molecule has 0 spiro atoms. The third kappa shape index (κ3) is 3.29. The van der Waals surface area contributed by atoms with Gasteiger partial charge in [-0.2, -0.15) is 0 Å². The lowest BCUT2D eigenvalue weighted by Crippen LogP contribution is -2.21. The zero-order valence-corrected chi connectivity index (χ0v) is 9.34. The molecular formula is C11H16ClNO. The molecule has 14 heavy (non-hydrogen) atoms. The molecular weight excluding hydrogens is 198 g/mol. The zero-order valence-electron chi connectivity index (χ0n) is 8.59. The van der Waals surface area contributed by atoms with E-state index < -0.39 is 0 Å². The average Bonchev–Trinajstić information content (AvgIpc) is 2.21. The summed E-state index contributed by atoms with van der Waals surface area (Å²) in [4.78, 5) is 0. The average molecular weight is 214 g/mol. The molecule has 78 valence electrons. The molecule has 0 radical (unpaired) electrons. The maximum Gasteiger partial charge on any atom is 0.0661 e. The molecule has 0 amide bonds. The Morgan fingerprint density at radius 2 is 2.00 bits per heavy atom. The van der Waals surface area contributed by atoms with Crippen LogP contribution in [0.3, 0.4) is 0 Å². The highest BCUT2D eigenvalue weighted by molar-refractivity contribution is 6.30. The second kappa shape index (κ2) is 6.02. The van der Waals surface area contributed by atoms with E-state index in [4.69, 9.17) is 16.3 Å². The van der Waals surface area contributed by atoms with Crippen LogP contribution in [-0.2, 0) is 4.74 Å². The first-order valence-electron chi connectivity index (χ1n) is 4.78. The summed E-state index contributed by atoms with van der Waals surface area (Å²) >= 11 is 5.81. The number of nitrogens with one attached hydrogen (secondary N) is 1. The maximum atomic E-state index is 5.81. The van der Waals surface area contributed by atoms with Gasteiger partial charge in [-0.1, -0.05) is 23.7 Å². The van der Waals surface area contributed by atoms with Crippen molar-refractivity contribution >= 4 is 11.6 Å². The summed E-state index contributed by atoms with van der Waals surface area (Å²) in [6.07, 6.45) is 0. The smallest absolute Gasteiger partial charge is 0.0661 e. The van der Waals surface area contributed by atoms with E-state index in [9.17, 15) is 0 Å². The summed E-state index contributed by atoms with van der Waals surface area (Å²) in [6, 6.07) is 8.07. The Labute approximate surface area is 90.2 Å². The Morgan fingerprint density at radius 3 is 2.50 bits per heavy atom. The molecule has 0 fully saturated rings. The van der Waals surface area contributed by atoms with E-state index in [0.717, 1.165) is 11.6 Å². The number of ether oxygens (including phenoxy) is 1. The zero-order chi connectivity index (χ0) is 10.4. The summed E-state index contributed by atoms with van der Waals surface area (Å²) in [6.45, 7) is 3.43. The molecule has 0 saturated carbocycles. The van der Waals surface area contributed by atoms with Crippen molar-refractivity contribution in [1.29, 1.82) is 0 Å². The number of rotatable bonds is 5. The van der Waals surface area contributed by atoms with Gasteiger partial charge in [0.2, 0.25) is 0 Å². The fraction of sp³-hybridized carbons (Fsp3) is 0.455. The van der Waals surface area contributed by atoms with E-state index >= 15 is 0 Å². The second-order valence-corrected chi connectivity index (χ2v) is 3.49. The number of halogens is 1. The van der Waals surface area contributed by atoms with Gasteiger partial charge >= 0.3 is 0 Å². The fourth-order valence-corrected chi connectivity index (χ4v) is 1.40. The molecule has 1 rings (SSSR count). The Kier molecular flexibility index (Phi) is 4.94. The van der Waals surface area contributed by atoms with Crippen LogP contribution >= 0.6 is 11.6 Å². The van der Waals surface area contributed by atoms with Gasteiger partial charge in [-0.05, 0) is 31.7 Å². The van der Waals surface area contributed by atoms with Crippen LogP contribution < -0.4 is 5.32 Å². The minimum Gasteiger partial charge on any atom is -0.380 e. The highest BCUT2D eigenvalue weighted by atomic mass is 35.5. The highest BCUT2D eigenvalue weighted by Crippen LogP contribution is 2.16. The van der Waals surface area contributed by atoms with Crippen molar-refractivity contribution in [3.05, 3.63) is 34.9 Å². The minimum absolute atomic E-state index is 0.243. The third-order valence-corrected chi connectivity index (χ3v) is 2.36. The maximum absolute atomic E-state index is 5.81. The highest BCUT2D eigenvalue weighted by Gasteiger charge is 2.07. The van der Waals surface area contributed by atoms with Crippen LogP contribution in [0.25, 0.3) is 0 Å². The van der Waals surface area contributed by atoms with Crippen molar-refractivity contribution < 1.29 is 4.74 Å². The Balaban J connectivity index is 2.64. The predicted molar refractivity (Wildman–Crippen MR) is 59.7 cm³/mol. The van der Waals surface area contributed by atoms with Crippen molar-refractivity contribution in [3.8, 4) is 0 Å². The number of benzene rings is 1. The first-order valence-corrected chi connectivity index (χ1v) is 5.16. The van der Waals surface area contributed by atoms with Crippen molar-refractivity contribution in [1.82, 2.24) is 5.32 Å². The predicted octanol–water partition coefficient (Wildman–Crippen LogP) is 2.64. The van der Waals surface area contributed by atoms with Crippen molar-refractivity contribution in [2.75, 3.05) is 20.3 Å². The normalized spacial score (nSPS) is 12.8. The van der Waals surface area contributed by atoms with Gasteiger partial charge in [0.1, 0.15) is 0 Å². The molecule has 0 bridgehead atoms. The standard InChI is InChI=1S/C11H16ClNO/c1-3-14-8-11(13-2)9-4-6-10(12)7-5-9/h4-7,11,13H,3,8H2,1-2H3. The lowest BCUT2D eigenvalue weighted by Gasteiger charge is -2.16. The first-order chi connectivity index (χ1) is 6.77. The van der Waals surface area contributed by atoms with Gasteiger partial charge in [0.05, 0.1) is 12.6 Å². The van der Waals surface area contributed by atoms with E-state index in [1.807, 2.05) is 38.2 Å². The molecule has 1 unspecified atom stereocenters.